The average molecular weight is 408 g/mol. The van der Waals surface area contributed by atoms with E-state index in [-0.39, 0.29) is 18.5 Å². The fraction of sp³-hybridized carbons (Fsp3) is 0.474. The van der Waals surface area contributed by atoms with Crippen molar-refractivity contribution in [2.24, 2.45) is 0 Å². The number of nitrogens with zero attached hydrogens (tertiary/aromatic N) is 1. The summed E-state index contributed by atoms with van der Waals surface area (Å²) in [6, 6.07) is 3.71. The van der Waals surface area contributed by atoms with E-state index < -0.39 is 11.9 Å². The summed E-state index contributed by atoms with van der Waals surface area (Å²) in [6.45, 7) is 5.03. The standard InChI is InChI=1S/C17H22N2O4.C2H2O4/c1-11-5-3-4-6-19(11)9-17(21)18-14-8-16-15(22-10-23-16)7-13(14)12(2)20;3-1(4)2(5)6/h7-8,11H,3-6,9-10H2,1-2H3,(H,18,21);(H,3,4)(H,5,6). The molecule has 3 rings (SSSR count). The molecule has 2 heterocycles. The van der Waals surface area contributed by atoms with Gasteiger partial charge in [0.2, 0.25) is 12.7 Å². The van der Waals surface area contributed by atoms with Gasteiger partial charge in [-0.1, -0.05) is 6.42 Å². The zero-order valence-corrected chi connectivity index (χ0v) is 16.3. The number of piperidine rings is 1. The molecule has 2 aliphatic rings. The van der Waals surface area contributed by atoms with E-state index >= 15 is 0 Å². The summed E-state index contributed by atoms with van der Waals surface area (Å²) in [5.41, 5.74) is 0.922. The van der Waals surface area contributed by atoms with Crippen molar-refractivity contribution in [2.45, 2.75) is 39.2 Å². The van der Waals surface area contributed by atoms with Crippen molar-refractivity contribution < 1.29 is 38.9 Å². The molecular weight excluding hydrogens is 384 g/mol. The lowest BCUT2D eigenvalue weighted by Gasteiger charge is -2.32. The Morgan fingerprint density at radius 2 is 1.72 bits per heavy atom. The molecule has 1 saturated heterocycles. The number of anilines is 1. The van der Waals surface area contributed by atoms with E-state index in [0.717, 1.165) is 19.4 Å². The maximum atomic E-state index is 12.4. The third-order valence-corrected chi connectivity index (χ3v) is 4.64. The van der Waals surface area contributed by atoms with Crippen LogP contribution >= 0.6 is 0 Å². The Hall–Kier alpha value is -3.14. The average Bonchev–Trinajstić information content (AvgIpc) is 3.10. The fourth-order valence-electron chi connectivity index (χ4n) is 3.10. The molecule has 1 amide bonds. The van der Waals surface area contributed by atoms with Crippen LogP contribution in [0.5, 0.6) is 11.5 Å². The zero-order chi connectivity index (χ0) is 21.6. The quantitative estimate of drug-likeness (QED) is 0.500. The number of rotatable bonds is 4. The SMILES string of the molecule is CC(=O)c1cc2c(cc1NC(=O)CN1CCCCC1C)OCO2.O=C(O)C(=O)O. The van der Waals surface area contributed by atoms with Crippen LogP contribution in [0.15, 0.2) is 12.1 Å². The summed E-state index contributed by atoms with van der Waals surface area (Å²) >= 11 is 0. The number of carboxylic acid groups (broad SMARTS) is 2. The van der Waals surface area contributed by atoms with Gasteiger partial charge in [0.25, 0.3) is 0 Å². The third kappa shape index (κ3) is 6.18. The van der Waals surface area contributed by atoms with E-state index in [1.165, 1.54) is 13.3 Å². The molecule has 2 aliphatic heterocycles. The molecule has 0 bridgehead atoms. The Morgan fingerprint density at radius 3 is 2.28 bits per heavy atom. The molecule has 3 N–H and O–H groups in total. The minimum absolute atomic E-state index is 0.111. The van der Waals surface area contributed by atoms with E-state index in [2.05, 4.69) is 17.1 Å². The predicted molar refractivity (Wildman–Crippen MR) is 101 cm³/mol. The normalized spacial score (nSPS) is 17.7. The van der Waals surface area contributed by atoms with Gasteiger partial charge in [-0.15, -0.1) is 0 Å². The largest absolute Gasteiger partial charge is 0.473 e. The lowest BCUT2D eigenvalue weighted by molar-refractivity contribution is -0.159. The van der Waals surface area contributed by atoms with Crippen molar-refractivity contribution in [1.29, 1.82) is 0 Å². The van der Waals surface area contributed by atoms with Crippen molar-refractivity contribution in [3.63, 3.8) is 0 Å². The van der Waals surface area contributed by atoms with Gasteiger partial charge in [-0.3, -0.25) is 14.5 Å². The summed E-state index contributed by atoms with van der Waals surface area (Å²) in [6.07, 6.45) is 3.46. The summed E-state index contributed by atoms with van der Waals surface area (Å²) < 4.78 is 10.6. The number of Topliss-reactive ketones (excluding diaryl/α,β-unsaturated/α-hetero) is 1. The molecule has 0 aromatic heterocycles. The van der Waals surface area contributed by atoms with E-state index in [9.17, 15) is 9.59 Å². The molecule has 1 fully saturated rings. The monoisotopic (exact) mass is 408 g/mol. The molecule has 29 heavy (non-hydrogen) atoms. The van der Waals surface area contributed by atoms with Crippen LogP contribution in [-0.4, -0.2) is 64.7 Å². The Balaban J connectivity index is 0.000000438. The summed E-state index contributed by atoms with van der Waals surface area (Å²) in [4.78, 5) is 44.6. The number of fused-ring (bicyclic) bond motifs is 1. The molecule has 0 aliphatic carbocycles. The van der Waals surface area contributed by atoms with Crippen molar-refractivity contribution in [3.8, 4) is 11.5 Å². The first-order chi connectivity index (χ1) is 13.7. The van der Waals surface area contributed by atoms with Gasteiger partial charge in [0.05, 0.1) is 12.2 Å². The Morgan fingerprint density at radius 1 is 1.10 bits per heavy atom. The highest BCUT2D eigenvalue weighted by atomic mass is 16.7. The summed E-state index contributed by atoms with van der Waals surface area (Å²) in [7, 11) is 0. The van der Waals surface area contributed by atoms with Crippen LogP contribution in [0.1, 0.15) is 43.5 Å². The predicted octanol–water partition coefficient (Wildman–Crippen LogP) is 1.59. The molecule has 1 aromatic rings. The highest BCUT2D eigenvalue weighted by molar-refractivity contribution is 6.27. The first kappa shape index (κ1) is 22.2. The number of nitrogens with one attached hydrogen (secondary N) is 1. The molecular formula is C19H24N2O8. The molecule has 0 radical (unpaired) electrons. The van der Waals surface area contributed by atoms with Crippen molar-refractivity contribution in [3.05, 3.63) is 17.7 Å². The van der Waals surface area contributed by atoms with E-state index in [4.69, 9.17) is 29.3 Å². The topological polar surface area (TPSA) is 142 Å². The first-order valence-corrected chi connectivity index (χ1v) is 9.13. The van der Waals surface area contributed by atoms with Crippen molar-refractivity contribution in [2.75, 3.05) is 25.2 Å². The Bertz CT molecular complexity index is 796. The summed E-state index contributed by atoms with van der Waals surface area (Å²) in [5, 5.41) is 17.6. The number of hydrogen-bond acceptors (Lipinski definition) is 7. The number of carbonyl (C=O) groups is 4. The molecule has 1 unspecified atom stereocenters. The van der Waals surface area contributed by atoms with Gasteiger partial charge in [0, 0.05) is 17.7 Å². The van der Waals surface area contributed by atoms with Gasteiger partial charge < -0.3 is 25.0 Å². The van der Waals surface area contributed by atoms with Crippen LogP contribution in [0, 0.1) is 0 Å². The molecule has 158 valence electrons. The number of ketones is 1. The molecule has 0 spiro atoms. The van der Waals surface area contributed by atoms with Crippen molar-refractivity contribution >= 4 is 29.3 Å². The fourth-order valence-corrected chi connectivity index (χ4v) is 3.10. The Kier molecular flexibility index (Phi) is 7.54. The second-order valence-corrected chi connectivity index (χ2v) is 6.78. The summed E-state index contributed by atoms with van der Waals surface area (Å²) in [5.74, 6) is -2.79. The number of amides is 1. The zero-order valence-electron chi connectivity index (χ0n) is 16.3. The highest BCUT2D eigenvalue weighted by Gasteiger charge is 2.23. The molecule has 0 saturated carbocycles. The van der Waals surface area contributed by atoms with Crippen LogP contribution < -0.4 is 14.8 Å². The number of hydrogen-bond donors (Lipinski definition) is 3. The van der Waals surface area contributed by atoms with Crippen LogP contribution in [0.25, 0.3) is 0 Å². The van der Waals surface area contributed by atoms with Gasteiger partial charge in [-0.25, -0.2) is 9.59 Å². The number of ether oxygens (including phenoxy) is 2. The number of carboxylic acids is 2. The number of aliphatic carboxylic acids is 2. The van der Waals surface area contributed by atoms with Crippen LogP contribution in [0.4, 0.5) is 5.69 Å². The highest BCUT2D eigenvalue weighted by Crippen LogP contribution is 2.37. The molecule has 1 aromatic carbocycles. The lowest BCUT2D eigenvalue weighted by atomic mass is 10.0. The van der Waals surface area contributed by atoms with E-state index in [0.29, 0.717) is 35.3 Å². The lowest BCUT2D eigenvalue weighted by Crippen LogP contribution is -2.42. The molecule has 10 nitrogen and oxygen atoms in total. The second kappa shape index (κ2) is 9.87. The number of likely N-dealkylation sites (tertiary alicyclic amines) is 1. The molecule has 10 heteroatoms. The van der Waals surface area contributed by atoms with Gasteiger partial charge in [-0.2, -0.15) is 0 Å². The Labute approximate surface area is 167 Å². The third-order valence-electron chi connectivity index (χ3n) is 4.64. The van der Waals surface area contributed by atoms with Crippen LogP contribution in [-0.2, 0) is 14.4 Å². The van der Waals surface area contributed by atoms with Crippen molar-refractivity contribution in [1.82, 2.24) is 4.90 Å². The smallest absolute Gasteiger partial charge is 0.414 e. The van der Waals surface area contributed by atoms with E-state index in [1.54, 1.807) is 12.1 Å². The van der Waals surface area contributed by atoms with Crippen LogP contribution in [0.3, 0.4) is 0 Å². The number of benzene rings is 1. The van der Waals surface area contributed by atoms with E-state index in [1.807, 2.05) is 0 Å². The molecule has 1 atom stereocenters. The second-order valence-electron chi connectivity index (χ2n) is 6.78. The first-order valence-electron chi connectivity index (χ1n) is 9.13. The maximum Gasteiger partial charge on any atom is 0.414 e. The van der Waals surface area contributed by atoms with Crippen LogP contribution in [0.2, 0.25) is 0 Å². The minimum atomic E-state index is -1.82. The minimum Gasteiger partial charge on any atom is -0.473 e. The number of carbonyl (C=O) groups excluding carboxylic acids is 2. The van der Waals surface area contributed by atoms with Gasteiger partial charge >= 0.3 is 11.9 Å². The van der Waals surface area contributed by atoms with Gasteiger partial charge in [-0.05, 0) is 39.3 Å². The van der Waals surface area contributed by atoms with Gasteiger partial charge in [0.1, 0.15) is 0 Å². The maximum absolute atomic E-state index is 12.4. The van der Waals surface area contributed by atoms with Gasteiger partial charge in [0.15, 0.2) is 17.3 Å².